The van der Waals surface area contributed by atoms with Gasteiger partial charge < -0.3 is 28.1 Å². The van der Waals surface area contributed by atoms with Crippen LogP contribution in [0.3, 0.4) is 0 Å². The lowest BCUT2D eigenvalue weighted by Gasteiger charge is -2.11. The van der Waals surface area contributed by atoms with Gasteiger partial charge in [0, 0.05) is 32.5 Å². The molecule has 0 radical (unpaired) electrons. The molecule has 5 aromatic rings. The van der Waals surface area contributed by atoms with Crippen molar-refractivity contribution in [2.45, 2.75) is 51.3 Å². The number of carboxylic acids is 1. The van der Waals surface area contributed by atoms with E-state index in [1.807, 2.05) is 43.3 Å². The maximum atomic E-state index is 11.9. The van der Waals surface area contributed by atoms with E-state index < -0.39 is 11.9 Å². The van der Waals surface area contributed by atoms with Gasteiger partial charge in [0.1, 0.15) is 30.3 Å². The first-order valence-electron chi connectivity index (χ1n) is 14.5. The number of carboxylic acid groups (broad SMARTS) is 1. The second-order valence-electron chi connectivity index (χ2n) is 10.2. The molecule has 0 bridgehead atoms. The fraction of sp³-hybridized carbons (Fsp3) is 0.294. The molecule has 5 rings (SSSR count). The number of nitrogens with zero attached hydrogens (tertiary/aromatic N) is 3. The molecule has 49 heavy (non-hydrogen) atoms. The van der Waals surface area contributed by atoms with Gasteiger partial charge in [-0.05, 0) is 62.6 Å². The summed E-state index contributed by atoms with van der Waals surface area (Å²) in [5, 5.41) is 20.2. The van der Waals surface area contributed by atoms with Crippen molar-refractivity contribution in [3.05, 3.63) is 121 Å². The standard InChI is InChI=1S/C14H14BrNO3.C7H6Br2.C7H9NO3.C6H7NO3/c1-9-7-13(19-16-9)12(14(17)18-2)8-10-3-5-11(15)6-4-10;8-5-6-1-3-7(9)4-2-6;1-5-3-6(11-8-5)4-7(9)10-2;1-4-2-5(10-7-4)3-6(8)9/h3-7,12H,8H2,1-2H3;1-4H,5H2;3H,4H2,1-2H3;2H,3H2,1H3,(H,8,9). The summed E-state index contributed by atoms with van der Waals surface area (Å²) >= 11 is 10.1. The molecule has 0 aliphatic carbocycles. The van der Waals surface area contributed by atoms with E-state index in [-0.39, 0.29) is 24.8 Å². The van der Waals surface area contributed by atoms with Crippen molar-refractivity contribution in [3.63, 3.8) is 0 Å². The van der Waals surface area contributed by atoms with Crippen LogP contribution in [0.15, 0.2) is 89.2 Å². The third kappa shape index (κ3) is 16.2. The van der Waals surface area contributed by atoms with E-state index in [0.29, 0.717) is 29.4 Å². The second kappa shape index (κ2) is 21.8. The molecule has 12 nitrogen and oxygen atoms in total. The van der Waals surface area contributed by atoms with Crippen LogP contribution < -0.4 is 0 Å². The number of methoxy groups -OCH3 is 2. The predicted octanol–water partition coefficient (Wildman–Crippen LogP) is 7.90. The molecule has 0 amide bonds. The molecule has 1 unspecified atom stereocenters. The minimum absolute atomic E-state index is 0.0964. The van der Waals surface area contributed by atoms with E-state index >= 15 is 0 Å². The maximum Gasteiger partial charge on any atom is 0.316 e. The first kappa shape index (κ1) is 41.1. The Bertz CT molecular complexity index is 1730. The molecule has 1 N–H and O–H groups in total. The highest BCUT2D eigenvalue weighted by Crippen LogP contribution is 2.24. The first-order chi connectivity index (χ1) is 23.3. The number of halogens is 3. The number of carbonyl (C=O) groups is 3. The SMILES string of the molecule is BrCc1ccc(Br)cc1.COC(=O)C(Cc1ccc(Br)cc1)c1cc(C)no1.COC(=O)Cc1cc(C)no1.Cc1cc(CC(=O)O)on1. The van der Waals surface area contributed by atoms with Gasteiger partial charge in [0.15, 0.2) is 5.76 Å². The Kier molecular flexibility index (Phi) is 18.3. The first-order valence-corrected chi connectivity index (χ1v) is 17.2. The number of rotatable bonds is 9. The summed E-state index contributed by atoms with van der Waals surface area (Å²) in [5.41, 5.74) is 4.56. The summed E-state index contributed by atoms with van der Waals surface area (Å²) < 4.78 is 26.0. The lowest BCUT2D eigenvalue weighted by Crippen LogP contribution is -2.16. The molecule has 0 spiro atoms. The van der Waals surface area contributed by atoms with Crippen LogP contribution >= 0.6 is 47.8 Å². The van der Waals surface area contributed by atoms with E-state index in [9.17, 15) is 14.4 Å². The van der Waals surface area contributed by atoms with Crippen molar-refractivity contribution in [1.29, 1.82) is 0 Å². The van der Waals surface area contributed by atoms with E-state index in [1.165, 1.54) is 19.8 Å². The van der Waals surface area contributed by atoms with Gasteiger partial charge in [-0.15, -0.1) is 0 Å². The largest absolute Gasteiger partial charge is 0.481 e. The van der Waals surface area contributed by atoms with Crippen molar-refractivity contribution in [3.8, 4) is 0 Å². The number of aromatic nitrogens is 3. The number of hydrogen-bond acceptors (Lipinski definition) is 11. The van der Waals surface area contributed by atoms with Crippen LogP contribution in [0.1, 0.15) is 51.4 Å². The molecule has 0 saturated heterocycles. The number of ether oxygens (including phenoxy) is 2. The highest BCUT2D eigenvalue weighted by molar-refractivity contribution is 9.10. The van der Waals surface area contributed by atoms with E-state index in [4.69, 9.17) is 18.9 Å². The normalized spacial score (nSPS) is 10.6. The topological polar surface area (TPSA) is 168 Å². The highest BCUT2D eigenvalue weighted by Gasteiger charge is 2.26. The van der Waals surface area contributed by atoms with Crippen LogP contribution in [0.25, 0.3) is 0 Å². The zero-order chi connectivity index (χ0) is 36.3. The molecule has 3 aromatic heterocycles. The van der Waals surface area contributed by atoms with Crippen molar-refractivity contribution >= 4 is 65.7 Å². The van der Waals surface area contributed by atoms with Crippen molar-refractivity contribution in [1.82, 2.24) is 15.5 Å². The lowest BCUT2D eigenvalue weighted by molar-refractivity contribution is -0.143. The molecule has 2 aromatic carbocycles. The number of alkyl halides is 1. The quantitative estimate of drug-likeness (QED) is 0.113. The summed E-state index contributed by atoms with van der Waals surface area (Å²) in [6, 6.07) is 21.1. The van der Waals surface area contributed by atoms with Crippen LogP contribution in [0.4, 0.5) is 0 Å². The Labute approximate surface area is 308 Å². The third-order valence-electron chi connectivity index (χ3n) is 6.12. The number of hydrogen-bond donors (Lipinski definition) is 1. The van der Waals surface area contributed by atoms with Gasteiger partial charge in [0.05, 0.1) is 31.3 Å². The zero-order valence-corrected chi connectivity index (χ0v) is 32.2. The minimum atomic E-state index is -0.906. The zero-order valence-electron chi connectivity index (χ0n) is 27.4. The summed E-state index contributed by atoms with van der Waals surface area (Å²) in [6.45, 7) is 5.36. The fourth-order valence-corrected chi connectivity index (χ4v) is 4.68. The number of esters is 2. The van der Waals surface area contributed by atoms with E-state index in [0.717, 1.165) is 31.2 Å². The number of aryl methyl sites for hydroxylation is 3. The minimum Gasteiger partial charge on any atom is -0.481 e. The van der Waals surface area contributed by atoms with Gasteiger partial charge in [-0.25, -0.2) is 0 Å². The van der Waals surface area contributed by atoms with Gasteiger partial charge in [-0.3, -0.25) is 14.4 Å². The summed E-state index contributed by atoms with van der Waals surface area (Å²) in [6.07, 6.45) is 0.576. The number of benzene rings is 2. The maximum absolute atomic E-state index is 11.9. The van der Waals surface area contributed by atoms with Crippen LogP contribution in [-0.4, -0.2) is 52.7 Å². The van der Waals surface area contributed by atoms with Gasteiger partial charge in [0.2, 0.25) is 0 Å². The molecule has 262 valence electrons. The van der Waals surface area contributed by atoms with E-state index in [1.54, 1.807) is 32.0 Å². The molecule has 1 atom stereocenters. The van der Waals surface area contributed by atoms with E-state index in [2.05, 4.69) is 84.7 Å². The molecule has 0 aliphatic rings. The van der Waals surface area contributed by atoms with Crippen LogP contribution in [0.5, 0.6) is 0 Å². The van der Waals surface area contributed by atoms with Crippen molar-refractivity contribution in [2.24, 2.45) is 0 Å². The Balaban J connectivity index is 0.000000240. The molecular formula is C34H36Br3N3O9. The summed E-state index contributed by atoms with van der Waals surface area (Å²) in [7, 11) is 2.71. The van der Waals surface area contributed by atoms with Gasteiger partial charge in [-0.1, -0.05) is 87.5 Å². The Hall–Kier alpha value is -4.08. The third-order valence-corrected chi connectivity index (χ3v) is 7.83. The Morgan fingerprint density at radius 1 is 0.714 bits per heavy atom. The van der Waals surface area contributed by atoms with Crippen LogP contribution in [-0.2, 0) is 48.4 Å². The Morgan fingerprint density at radius 2 is 1.18 bits per heavy atom. The molecule has 0 saturated carbocycles. The van der Waals surface area contributed by atoms with Gasteiger partial charge >= 0.3 is 17.9 Å². The van der Waals surface area contributed by atoms with Crippen LogP contribution in [0.2, 0.25) is 0 Å². The molecular weight excluding hydrogens is 834 g/mol. The number of aliphatic carboxylic acids is 1. The Morgan fingerprint density at radius 3 is 1.57 bits per heavy atom. The van der Waals surface area contributed by atoms with Crippen LogP contribution in [0, 0.1) is 20.8 Å². The average molecular weight is 870 g/mol. The number of carbonyl (C=O) groups excluding carboxylic acids is 2. The average Bonchev–Trinajstić information content (AvgIpc) is 3.82. The smallest absolute Gasteiger partial charge is 0.316 e. The second-order valence-corrected chi connectivity index (χ2v) is 12.6. The molecule has 15 heteroatoms. The molecule has 3 heterocycles. The summed E-state index contributed by atoms with van der Waals surface area (Å²) in [5.74, 6) is -0.546. The molecule has 0 aliphatic heterocycles. The van der Waals surface area contributed by atoms with Gasteiger partial charge in [-0.2, -0.15) is 0 Å². The van der Waals surface area contributed by atoms with Gasteiger partial charge in [0.25, 0.3) is 0 Å². The summed E-state index contributed by atoms with van der Waals surface area (Å²) in [4.78, 5) is 32.6. The lowest BCUT2D eigenvalue weighted by atomic mass is 9.97. The van der Waals surface area contributed by atoms with Crippen molar-refractivity contribution in [2.75, 3.05) is 14.2 Å². The molecule has 0 fully saturated rings. The highest BCUT2D eigenvalue weighted by atomic mass is 79.9. The fourth-order valence-electron chi connectivity index (χ4n) is 3.78. The predicted molar refractivity (Wildman–Crippen MR) is 190 cm³/mol. The monoisotopic (exact) mass is 867 g/mol. The van der Waals surface area contributed by atoms with Crippen molar-refractivity contribution < 1.29 is 42.5 Å².